The number of thiophene rings is 1. The highest BCUT2D eigenvalue weighted by molar-refractivity contribution is 7.13. The van der Waals surface area contributed by atoms with Crippen LogP contribution in [-0.2, 0) is 0 Å². The third-order valence-electron chi connectivity index (χ3n) is 2.32. The van der Waals surface area contributed by atoms with Crippen LogP contribution in [0.15, 0.2) is 5.38 Å². The molecule has 0 bridgehead atoms. The molecule has 0 fully saturated rings. The molecule has 1 heterocycles. The summed E-state index contributed by atoms with van der Waals surface area (Å²) in [6.45, 7) is 6.01. The molecule has 0 atom stereocenters. The van der Waals surface area contributed by atoms with Crippen LogP contribution in [0.1, 0.15) is 29.1 Å². The molecule has 90 valence electrons. The van der Waals surface area contributed by atoms with Crippen LogP contribution in [0, 0.1) is 6.92 Å². The van der Waals surface area contributed by atoms with Crippen molar-refractivity contribution in [2.45, 2.75) is 26.8 Å². The van der Waals surface area contributed by atoms with E-state index in [-0.39, 0.29) is 18.6 Å². The average Bonchev–Trinajstić information content (AvgIpc) is 2.55. The van der Waals surface area contributed by atoms with Gasteiger partial charge in [0.15, 0.2) is 0 Å². The Morgan fingerprint density at radius 3 is 2.62 bits per heavy atom. The van der Waals surface area contributed by atoms with Crippen LogP contribution in [0.4, 0.5) is 0 Å². The van der Waals surface area contributed by atoms with E-state index < -0.39 is 0 Å². The Bertz CT molecular complexity index is 376. The van der Waals surface area contributed by atoms with Gasteiger partial charge in [0.05, 0.1) is 11.6 Å². The zero-order valence-corrected chi connectivity index (χ0v) is 11.2. The molecule has 0 aromatic carbocycles. The molecule has 1 aromatic rings. The van der Waals surface area contributed by atoms with E-state index in [0.717, 1.165) is 5.56 Å². The number of nitrogens with zero attached hydrogens (tertiary/aromatic N) is 1. The van der Waals surface area contributed by atoms with Gasteiger partial charge in [0, 0.05) is 12.6 Å². The molecule has 0 spiro atoms. The van der Waals surface area contributed by atoms with E-state index in [1.165, 1.54) is 11.3 Å². The van der Waals surface area contributed by atoms with Crippen molar-refractivity contribution in [2.75, 3.05) is 13.2 Å². The molecule has 0 aliphatic rings. The molecule has 16 heavy (non-hydrogen) atoms. The van der Waals surface area contributed by atoms with Gasteiger partial charge in [0.1, 0.15) is 4.88 Å². The maximum atomic E-state index is 12.2. The molecule has 1 amide bonds. The van der Waals surface area contributed by atoms with Crippen LogP contribution in [0.2, 0.25) is 5.02 Å². The van der Waals surface area contributed by atoms with Crippen molar-refractivity contribution in [3.05, 3.63) is 20.8 Å². The van der Waals surface area contributed by atoms with Crippen LogP contribution in [0.3, 0.4) is 0 Å². The van der Waals surface area contributed by atoms with Crippen LogP contribution < -0.4 is 0 Å². The van der Waals surface area contributed by atoms with Gasteiger partial charge in [-0.1, -0.05) is 11.6 Å². The van der Waals surface area contributed by atoms with Crippen molar-refractivity contribution in [3.63, 3.8) is 0 Å². The van der Waals surface area contributed by atoms with E-state index >= 15 is 0 Å². The second-order valence-corrected chi connectivity index (χ2v) is 5.14. The van der Waals surface area contributed by atoms with Gasteiger partial charge in [0.25, 0.3) is 5.91 Å². The minimum Gasteiger partial charge on any atom is -0.395 e. The Morgan fingerprint density at radius 2 is 2.25 bits per heavy atom. The summed E-state index contributed by atoms with van der Waals surface area (Å²) in [6, 6.07) is 0.0538. The summed E-state index contributed by atoms with van der Waals surface area (Å²) in [5.41, 5.74) is 0.919. The molecule has 0 unspecified atom stereocenters. The highest BCUT2D eigenvalue weighted by Crippen LogP contribution is 2.28. The van der Waals surface area contributed by atoms with Crippen LogP contribution in [0.5, 0.6) is 0 Å². The summed E-state index contributed by atoms with van der Waals surface area (Å²) < 4.78 is 0. The van der Waals surface area contributed by atoms with E-state index in [1.807, 2.05) is 26.2 Å². The molecule has 0 radical (unpaired) electrons. The van der Waals surface area contributed by atoms with Crippen molar-refractivity contribution in [1.82, 2.24) is 4.90 Å². The Labute approximate surface area is 105 Å². The number of hydrogen-bond donors (Lipinski definition) is 1. The molecule has 0 saturated carbocycles. The molecule has 1 aromatic heterocycles. The highest BCUT2D eigenvalue weighted by atomic mass is 35.5. The number of amides is 1. The molecule has 3 nitrogen and oxygen atoms in total. The second-order valence-electron chi connectivity index (χ2n) is 3.88. The fourth-order valence-electron chi connectivity index (χ4n) is 1.41. The van der Waals surface area contributed by atoms with Crippen molar-refractivity contribution in [1.29, 1.82) is 0 Å². The number of aliphatic hydroxyl groups excluding tert-OH is 1. The van der Waals surface area contributed by atoms with Crippen molar-refractivity contribution >= 4 is 28.8 Å². The molecule has 0 saturated heterocycles. The minimum absolute atomic E-state index is 0.0358. The lowest BCUT2D eigenvalue weighted by Gasteiger charge is -2.25. The third-order valence-corrected chi connectivity index (χ3v) is 4.00. The molecule has 0 aliphatic heterocycles. The Hall–Kier alpha value is -0.580. The first-order valence-electron chi connectivity index (χ1n) is 5.14. The zero-order valence-electron chi connectivity index (χ0n) is 9.66. The summed E-state index contributed by atoms with van der Waals surface area (Å²) in [5.74, 6) is -0.104. The number of rotatable bonds is 4. The standard InChI is InChI=1S/C11H16ClNO2S/c1-7(2)13(4-5-14)11(15)10-9(12)8(3)6-16-10/h6-7,14H,4-5H2,1-3H3. The summed E-state index contributed by atoms with van der Waals surface area (Å²) in [7, 11) is 0. The van der Waals surface area contributed by atoms with Gasteiger partial charge in [-0.15, -0.1) is 11.3 Å². The fraction of sp³-hybridized carbons (Fsp3) is 0.545. The van der Waals surface area contributed by atoms with Gasteiger partial charge in [-0.05, 0) is 31.7 Å². The predicted molar refractivity (Wildman–Crippen MR) is 67.3 cm³/mol. The monoisotopic (exact) mass is 261 g/mol. The van der Waals surface area contributed by atoms with E-state index in [2.05, 4.69) is 0 Å². The van der Waals surface area contributed by atoms with E-state index in [1.54, 1.807) is 4.90 Å². The zero-order chi connectivity index (χ0) is 12.3. The number of halogens is 1. The number of aliphatic hydroxyl groups is 1. The predicted octanol–water partition coefficient (Wildman–Crippen LogP) is 2.55. The van der Waals surface area contributed by atoms with Crippen LogP contribution in [0.25, 0.3) is 0 Å². The maximum Gasteiger partial charge on any atom is 0.265 e. The van der Waals surface area contributed by atoms with Gasteiger partial charge < -0.3 is 10.0 Å². The number of carbonyl (C=O) groups excluding carboxylic acids is 1. The maximum absolute atomic E-state index is 12.2. The molecule has 5 heteroatoms. The summed E-state index contributed by atoms with van der Waals surface area (Å²) in [6.07, 6.45) is 0. The van der Waals surface area contributed by atoms with E-state index in [4.69, 9.17) is 16.7 Å². The minimum atomic E-state index is -0.104. The molecule has 1 rings (SSSR count). The summed E-state index contributed by atoms with van der Waals surface area (Å²) in [4.78, 5) is 14.3. The Kier molecular flexibility index (Phi) is 4.77. The fourth-order valence-corrected chi connectivity index (χ4v) is 2.64. The van der Waals surface area contributed by atoms with Gasteiger partial charge in [-0.2, -0.15) is 0 Å². The van der Waals surface area contributed by atoms with Crippen molar-refractivity contribution in [2.24, 2.45) is 0 Å². The summed E-state index contributed by atoms with van der Waals surface area (Å²) in [5, 5.41) is 11.3. The van der Waals surface area contributed by atoms with Crippen molar-refractivity contribution in [3.8, 4) is 0 Å². The Morgan fingerprint density at radius 1 is 1.62 bits per heavy atom. The van der Waals surface area contributed by atoms with Crippen LogP contribution >= 0.6 is 22.9 Å². The largest absolute Gasteiger partial charge is 0.395 e. The lowest BCUT2D eigenvalue weighted by atomic mass is 10.2. The normalized spacial score (nSPS) is 10.9. The molecular formula is C11H16ClNO2S. The van der Waals surface area contributed by atoms with Gasteiger partial charge in [-0.25, -0.2) is 0 Å². The number of hydrogen-bond acceptors (Lipinski definition) is 3. The average molecular weight is 262 g/mol. The third kappa shape index (κ3) is 2.75. The molecular weight excluding hydrogens is 246 g/mol. The molecule has 0 aliphatic carbocycles. The van der Waals surface area contributed by atoms with Crippen LogP contribution in [-0.4, -0.2) is 35.1 Å². The van der Waals surface area contributed by atoms with E-state index in [0.29, 0.717) is 16.4 Å². The number of carbonyl (C=O) groups is 1. The topological polar surface area (TPSA) is 40.5 Å². The Balaban J connectivity index is 2.95. The second kappa shape index (κ2) is 5.66. The summed E-state index contributed by atoms with van der Waals surface area (Å²) >= 11 is 7.40. The number of aryl methyl sites for hydroxylation is 1. The quantitative estimate of drug-likeness (QED) is 0.905. The SMILES string of the molecule is Cc1csc(C(=O)N(CCO)C(C)C)c1Cl. The first-order valence-corrected chi connectivity index (χ1v) is 6.40. The lowest BCUT2D eigenvalue weighted by Crippen LogP contribution is -2.38. The van der Waals surface area contributed by atoms with Gasteiger partial charge in [0.2, 0.25) is 0 Å². The smallest absolute Gasteiger partial charge is 0.265 e. The lowest BCUT2D eigenvalue weighted by molar-refractivity contribution is 0.0670. The first-order chi connectivity index (χ1) is 7.49. The van der Waals surface area contributed by atoms with E-state index in [9.17, 15) is 4.79 Å². The highest BCUT2D eigenvalue weighted by Gasteiger charge is 2.22. The van der Waals surface area contributed by atoms with Gasteiger partial charge in [-0.3, -0.25) is 4.79 Å². The van der Waals surface area contributed by atoms with Gasteiger partial charge >= 0.3 is 0 Å². The molecule has 1 N–H and O–H groups in total. The first kappa shape index (κ1) is 13.5. The van der Waals surface area contributed by atoms with Crippen molar-refractivity contribution < 1.29 is 9.90 Å².